The molecule has 1 aromatic heterocycles. The van der Waals surface area contributed by atoms with Gasteiger partial charge in [-0.05, 0) is 0 Å². The molecule has 0 unspecified atom stereocenters. The van der Waals surface area contributed by atoms with Gasteiger partial charge in [-0.3, -0.25) is 0 Å². The molecule has 0 atom stereocenters. The molecule has 0 bridgehead atoms. The Morgan fingerprint density at radius 1 is 1.13 bits per heavy atom. The molecule has 0 aliphatic carbocycles. The minimum atomic E-state index is -1.28. The van der Waals surface area contributed by atoms with Crippen LogP contribution in [0.1, 0.15) is 0 Å². The van der Waals surface area contributed by atoms with Crippen LogP contribution in [0.5, 0.6) is 0 Å². The Bertz CT molecular complexity index is 367. The summed E-state index contributed by atoms with van der Waals surface area (Å²) in [4.78, 5) is 4.78. The summed E-state index contributed by atoms with van der Waals surface area (Å²) in [6.07, 6.45) is 0. The Hall–Kier alpha value is -1.30. The second kappa shape index (κ2) is 4.06. The normalized spacial score (nSPS) is 16.9. The Kier molecular flexibility index (Phi) is 2.77. The lowest BCUT2D eigenvalue weighted by Gasteiger charge is -2.27. The number of pyridine rings is 1. The molecule has 1 saturated heterocycles. The van der Waals surface area contributed by atoms with E-state index in [4.69, 9.17) is 4.74 Å². The van der Waals surface area contributed by atoms with Gasteiger partial charge in [-0.2, -0.15) is 9.37 Å². The lowest BCUT2D eigenvalue weighted by atomic mass is 10.3. The summed E-state index contributed by atoms with van der Waals surface area (Å²) in [5.41, 5.74) is 0. The fraction of sp³-hybridized carbons (Fsp3) is 0.444. The molecule has 3 nitrogen and oxygen atoms in total. The van der Waals surface area contributed by atoms with Gasteiger partial charge in [0, 0.05) is 19.2 Å². The molecule has 0 N–H and O–H groups in total. The third-order valence-corrected chi connectivity index (χ3v) is 2.18. The minimum absolute atomic E-state index is 0.155. The van der Waals surface area contributed by atoms with E-state index in [0.717, 1.165) is 0 Å². The Morgan fingerprint density at radius 2 is 1.80 bits per heavy atom. The molecule has 0 radical (unpaired) electrons. The molecule has 82 valence electrons. The highest BCUT2D eigenvalue weighted by molar-refractivity contribution is 5.40. The molecule has 0 amide bonds. The van der Waals surface area contributed by atoms with Crippen LogP contribution in [0.2, 0.25) is 0 Å². The first-order valence-corrected chi connectivity index (χ1v) is 4.52. The smallest absolute Gasteiger partial charge is 0.251 e. The molecule has 1 aliphatic heterocycles. The van der Waals surface area contributed by atoms with Crippen LogP contribution in [0.3, 0.4) is 0 Å². The highest BCUT2D eigenvalue weighted by atomic mass is 19.2. The van der Waals surface area contributed by atoms with Gasteiger partial charge >= 0.3 is 0 Å². The minimum Gasteiger partial charge on any atom is -0.378 e. The van der Waals surface area contributed by atoms with Crippen LogP contribution in [0, 0.1) is 17.6 Å². The van der Waals surface area contributed by atoms with Crippen molar-refractivity contribution in [2.75, 3.05) is 31.2 Å². The van der Waals surface area contributed by atoms with E-state index in [-0.39, 0.29) is 5.82 Å². The molecule has 2 rings (SSSR count). The zero-order chi connectivity index (χ0) is 10.8. The van der Waals surface area contributed by atoms with Crippen LogP contribution in [0.25, 0.3) is 0 Å². The van der Waals surface area contributed by atoms with Crippen molar-refractivity contribution in [3.05, 3.63) is 23.6 Å². The summed E-state index contributed by atoms with van der Waals surface area (Å²) in [5.74, 6) is -3.56. The van der Waals surface area contributed by atoms with Gasteiger partial charge in [0.2, 0.25) is 0 Å². The highest BCUT2D eigenvalue weighted by Gasteiger charge is 2.19. The summed E-state index contributed by atoms with van der Waals surface area (Å²) >= 11 is 0. The van der Waals surface area contributed by atoms with Gasteiger partial charge in [-0.25, -0.2) is 8.78 Å². The Labute approximate surface area is 84.5 Å². The summed E-state index contributed by atoms with van der Waals surface area (Å²) in [7, 11) is 0. The molecule has 1 fully saturated rings. The van der Waals surface area contributed by atoms with Crippen molar-refractivity contribution in [3.8, 4) is 0 Å². The molecule has 0 spiro atoms. The fourth-order valence-electron chi connectivity index (χ4n) is 1.43. The molecular weight excluding hydrogens is 209 g/mol. The molecule has 6 heteroatoms. The maximum absolute atomic E-state index is 13.3. The maximum atomic E-state index is 13.3. The predicted molar refractivity (Wildman–Crippen MR) is 47.1 cm³/mol. The number of ether oxygens (including phenoxy) is 1. The largest absolute Gasteiger partial charge is 0.378 e. The second-order valence-corrected chi connectivity index (χ2v) is 3.17. The third kappa shape index (κ3) is 2.04. The number of halogens is 3. The van der Waals surface area contributed by atoms with E-state index in [1.165, 1.54) is 4.90 Å². The summed E-state index contributed by atoms with van der Waals surface area (Å²) in [5, 5.41) is 0. The number of rotatable bonds is 1. The van der Waals surface area contributed by atoms with Gasteiger partial charge in [0.1, 0.15) is 0 Å². The van der Waals surface area contributed by atoms with E-state index in [9.17, 15) is 13.2 Å². The van der Waals surface area contributed by atoms with Gasteiger partial charge in [0.15, 0.2) is 17.5 Å². The van der Waals surface area contributed by atoms with Gasteiger partial charge in [-0.15, -0.1) is 0 Å². The molecule has 0 saturated carbocycles. The first-order valence-electron chi connectivity index (χ1n) is 4.52. The number of morpholine rings is 1. The first kappa shape index (κ1) is 10.2. The topological polar surface area (TPSA) is 25.4 Å². The monoisotopic (exact) mass is 218 g/mol. The maximum Gasteiger partial charge on any atom is 0.251 e. The molecular formula is C9H9F3N2O. The predicted octanol–water partition coefficient (Wildman–Crippen LogP) is 1.34. The lowest BCUT2D eigenvalue weighted by Crippen LogP contribution is -2.37. The number of aromatic nitrogens is 1. The van der Waals surface area contributed by atoms with Crippen molar-refractivity contribution in [3.63, 3.8) is 0 Å². The molecule has 15 heavy (non-hydrogen) atoms. The van der Waals surface area contributed by atoms with Crippen molar-refractivity contribution in [2.24, 2.45) is 0 Å². The summed E-state index contributed by atoms with van der Waals surface area (Å²) < 4.78 is 43.7. The van der Waals surface area contributed by atoms with E-state index in [0.29, 0.717) is 32.4 Å². The zero-order valence-electron chi connectivity index (χ0n) is 7.84. The highest BCUT2D eigenvalue weighted by Crippen LogP contribution is 2.19. The van der Waals surface area contributed by atoms with Gasteiger partial charge in [0.25, 0.3) is 5.95 Å². The standard InChI is InChI=1S/C9H9F3N2O/c10-6-5-7(11)9(13-8(6)12)14-1-3-15-4-2-14/h5H,1-4H2. The number of nitrogens with zero attached hydrogens (tertiary/aromatic N) is 2. The first-order chi connectivity index (χ1) is 7.18. The SMILES string of the molecule is Fc1cc(F)c(N2CCOCC2)nc1F. The van der Waals surface area contributed by atoms with Crippen molar-refractivity contribution < 1.29 is 17.9 Å². The van der Waals surface area contributed by atoms with Crippen molar-refractivity contribution in [1.29, 1.82) is 0 Å². The van der Waals surface area contributed by atoms with Crippen LogP contribution in [0.15, 0.2) is 6.07 Å². The quantitative estimate of drug-likeness (QED) is 0.665. The lowest BCUT2D eigenvalue weighted by molar-refractivity contribution is 0.122. The van der Waals surface area contributed by atoms with Gasteiger partial charge in [-0.1, -0.05) is 0 Å². The van der Waals surface area contributed by atoms with Crippen molar-refractivity contribution in [2.45, 2.75) is 0 Å². The van der Waals surface area contributed by atoms with Crippen molar-refractivity contribution >= 4 is 5.82 Å². The van der Waals surface area contributed by atoms with E-state index in [1.54, 1.807) is 0 Å². The average Bonchev–Trinajstić information content (AvgIpc) is 2.25. The van der Waals surface area contributed by atoms with Crippen molar-refractivity contribution in [1.82, 2.24) is 4.98 Å². The van der Waals surface area contributed by atoms with Crippen LogP contribution in [0.4, 0.5) is 19.0 Å². The summed E-state index contributed by atoms with van der Waals surface area (Å²) in [6, 6.07) is 0.507. The Balaban J connectivity index is 2.30. The van der Waals surface area contributed by atoms with E-state index in [2.05, 4.69) is 4.98 Å². The van der Waals surface area contributed by atoms with E-state index in [1.807, 2.05) is 0 Å². The molecule has 1 aromatic rings. The third-order valence-electron chi connectivity index (χ3n) is 2.18. The van der Waals surface area contributed by atoms with Gasteiger partial charge < -0.3 is 9.64 Å². The molecule has 2 heterocycles. The van der Waals surface area contributed by atoms with E-state index < -0.39 is 17.6 Å². The molecule has 0 aromatic carbocycles. The molecule has 1 aliphatic rings. The number of hydrogen-bond donors (Lipinski definition) is 0. The summed E-state index contributed by atoms with van der Waals surface area (Å²) in [6.45, 7) is 1.71. The fourth-order valence-corrected chi connectivity index (χ4v) is 1.43. The van der Waals surface area contributed by atoms with Crippen LogP contribution >= 0.6 is 0 Å². The average molecular weight is 218 g/mol. The van der Waals surface area contributed by atoms with Gasteiger partial charge in [0.05, 0.1) is 13.2 Å². The van der Waals surface area contributed by atoms with E-state index >= 15 is 0 Å². The van der Waals surface area contributed by atoms with Crippen LogP contribution in [-0.2, 0) is 4.74 Å². The second-order valence-electron chi connectivity index (χ2n) is 3.17. The van der Waals surface area contributed by atoms with Crippen LogP contribution < -0.4 is 4.90 Å². The number of anilines is 1. The number of hydrogen-bond acceptors (Lipinski definition) is 3. The van der Waals surface area contributed by atoms with Crippen LogP contribution in [-0.4, -0.2) is 31.3 Å². The zero-order valence-corrected chi connectivity index (χ0v) is 7.84. The Morgan fingerprint density at radius 3 is 2.47 bits per heavy atom.